The highest BCUT2D eigenvalue weighted by atomic mass is 16.6. The van der Waals surface area contributed by atoms with Crippen molar-refractivity contribution in [2.75, 3.05) is 23.8 Å². The third kappa shape index (κ3) is 4.04. The first-order valence-corrected chi connectivity index (χ1v) is 7.66. The maximum atomic E-state index is 12.2. The van der Waals surface area contributed by atoms with E-state index in [2.05, 4.69) is 10.6 Å². The number of fused-ring (bicyclic) bond motifs is 1. The molecule has 1 aliphatic rings. The van der Waals surface area contributed by atoms with E-state index in [0.29, 0.717) is 36.1 Å². The zero-order chi connectivity index (χ0) is 16.9. The molecule has 0 aliphatic carbocycles. The molecule has 0 radical (unpaired) electrons. The average molecular weight is 326 g/mol. The zero-order valence-corrected chi connectivity index (χ0v) is 13.3. The minimum atomic E-state index is -0.126. The van der Waals surface area contributed by atoms with Crippen molar-refractivity contribution in [3.8, 4) is 11.5 Å². The highest BCUT2D eigenvalue weighted by Crippen LogP contribution is 2.32. The van der Waals surface area contributed by atoms with Crippen molar-refractivity contribution in [3.05, 3.63) is 48.0 Å². The molecule has 0 unspecified atom stereocenters. The Balaban J connectivity index is 1.60. The fourth-order valence-corrected chi connectivity index (χ4v) is 2.42. The van der Waals surface area contributed by atoms with Gasteiger partial charge in [0, 0.05) is 24.4 Å². The summed E-state index contributed by atoms with van der Waals surface area (Å²) in [5.74, 6) is 1.07. The molecule has 0 spiro atoms. The number of carbonyl (C=O) groups is 2. The van der Waals surface area contributed by atoms with Crippen LogP contribution in [0.4, 0.5) is 11.4 Å². The van der Waals surface area contributed by atoms with Crippen molar-refractivity contribution in [2.45, 2.75) is 13.3 Å². The quantitative estimate of drug-likeness (QED) is 0.905. The number of hydrogen-bond donors (Lipinski definition) is 2. The second-order valence-corrected chi connectivity index (χ2v) is 5.46. The molecule has 0 saturated heterocycles. The van der Waals surface area contributed by atoms with Gasteiger partial charge in [0.2, 0.25) is 11.8 Å². The molecule has 2 aromatic rings. The Morgan fingerprint density at radius 2 is 1.58 bits per heavy atom. The number of benzene rings is 2. The summed E-state index contributed by atoms with van der Waals surface area (Å²) in [5, 5.41) is 5.53. The number of rotatable bonds is 4. The molecular formula is C18H18N2O4. The van der Waals surface area contributed by atoms with Crippen LogP contribution in [0.25, 0.3) is 0 Å². The molecule has 0 atom stereocenters. The summed E-state index contributed by atoms with van der Waals surface area (Å²) in [6.07, 6.45) is 0.245. The lowest BCUT2D eigenvalue weighted by Crippen LogP contribution is -2.17. The van der Waals surface area contributed by atoms with Crippen LogP contribution in [0.2, 0.25) is 0 Å². The normalized spacial score (nSPS) is 12.4. The van der Waals surface area contributed by atoms with Gasteiger partial charge in [0.15, 0.2) is 11.5 Å². The average Bonchev–Trinajstić information content (AvgIpc) is 2.56. The van der Waals surface area contributed by atoms with Crippen molar-refractivity contribution in [3.63, 3.8) is 0 Å². The lowest BCUT2D eigenvalue weighted by atomic mass is 10.1. The van der Waals surface area contributed by atoms with Crippen LogP contribution in [0, 0.1) is 0 Å². The summed E-state index contributed by atoms with van der Waals surface area (Å²) in [6.45, 7) is 2.49. The summed E-state index contributed by atoms with van der Waals surface area (Å²) in [4.78, 5) is 23.1. The van der Waals surface area contributed by atoms with Crippen molar-refractivity contribution in [1.29, 1.82) is 0 Å². The third-order valence-electron chi connectivity index (χ3n) is 3.46. The lowest BCUT2D eigenvalue weighted by Gasteiger charge is -2.19. The van der Waals surface area contributed by atoms with Crippen LogP contribution in [-0.4, -0.2) is 25.0 Å². The van der Waals surface area contributed by atoms with Crippen LogP contribution in [0.5, 0.6) is 11.5 Å². The first kappa shape index (κ1) is 15.9. The van der Waals surface area contributed by atoms with Gasteiger partial charge in [-0.05, 0) is 29.8 Å². The maximum absolute atomic E-state index is 12.2. The number of anilines is 2. The van der Waals surface area contributed by atoms with Crippen LogP contribution < -0.4 is 20.1 Å². The topological polar surface area (TPSA) is 76.7 Å². The molecule has 0 bridgehead atoms. The number of nitrogens with one attached hydrogen (secondary N) is 2. The van der Waals surface area contributed by atoms with E-state index in [1.54, 1.807) is 30.3 Å². The van der Waals surface area contributed by atoms with Gasteiger partial charge in [-0.1, -0.05) is 12.1 Å². The van der Waals surface area contributed by atoms with Crippen molar-refractivity contribution in [2.24, 2.45) is 0 Å². The van der Waals surface area contributed by atoms with Gasteiger partial charge in [-0.25, -0.2) is 0 Å². The molecule has 0 fully saturated rings. The molecule has 24 heavy (non-hydrogen) atoms. The van der Waals surface area contributed by atoms with E-state index in [9.17, 15) is 9.59 Å². The maximum Gasteiger partial charge on any atom is 0.228 e. The summed E-state index contributed by atoms with van der Waals surface area (Å²) >= 11 is 0. The Labute approximate surface area is 139 Å². The summed E-state index contributed by atoms with van der Waals surface area (Å²) in [7, 11) is 0. The Morgan fingerprint density at radius 3 is 2.29 bits per heavy atom. The highest BCUT2D eigenvalue weighted by Gasteiger charge is 2.13. The van der Waals surface area contributed by atoms with Crippen molar-refractivity contribution < 1.29 is 19.1 Å². The molecule has 1 heterocycles. The second-order valence-electron chi connectivity index (χ2n) is 5.46. The Hall–Kier alpha value is -3.02. The zero-order valence-electron chi connectivity index (χ0n) is 13.3. The van der Waals surface area contributed by atoms with Crippen LogP contribution in [-0.2, 0) is 16.0 Å². The summed E-state index contributed by atoms with van der Waals surface area (Å²) in [6, 6.07) is 12.5. The summed E-state index contributed by atoms with van der Waals surface area (Å²) in [5.41, 5.74) is 2.23. The Kier molecular flexibility index (Phi) is 4.65. The lowest BCUT2D eigenvalue weighted by molar-refractivity contribution is -0.116. The van der Waals surface area contributed by atoms with Gasteiger partial charge >= 0.3 is 0 Å². The van der Waals surface area contributed by atoms with Gasteiger partial charge in [-0.2, -0.15) is 0 Å². The predicted octanol–water partition coefficient (Wildman–Crippen LogP) is 2.60. The molecule has 0 aromatic heterocycles. The fraction of sp³-hybridized carbons (Fsp3) is 0.222. The van der Waals surface area contributed by atoms with Crippen LogP contribution in [0.1, 0.15) is 12.5 Å². The van der Waals surface area contributed by atoms with Crippen molar-refractivity contribution >= 4 is 23.2 Å². The van der Waals surface area contributed by atoms with Gasteiger partial charge in [0.05, 0.1) is 6.42 Å². The van der Waals surface area contributed by atoms with Gasteiger partial charge in [-0.3, -0.25) is 9.59 Å². The molecule has 3 rings (SSSR count). The van der Waals surface area contributed by atoms with Crippen LogP contribution >= 0.6 is 0 Å². The van der Waals surface area contributed by atoms with E-state index in [0.717, 1.165) is 5.56 Å². The van der Waals surface area contributed by atoms with Crippen LogP contribution in [0.15, 0.2) is 42.5 Å². The monoisotopic (exact) mass is 326 g/mol. The van der Waals surface area contributed by atoms with Crippen molar-refractivity contribution in [1.82, 2.24) is 0 Å². The van der Waals surface area contributed by atoms with E-state index < -0.39 is 0 Å². The summed E-state index contributed by atoms with van der Waals surface area (Å²) < 4.78 is 10.9. The highest BCUT2D eigenvalue weighted by molar-refractivity contribution is 5.93. The second kappa shape index (κ2) is 7.04. The largest absolute Gasteiger partial charge is 0.486 e. The Morgan fingerprint density at radius 1 is 0.917 bits per heavy atom. The molecular weight excluding hydrogens is 308 g/mol. The molecule has 6 heteroatoms. The van der Waals surface area contributed by atoms with Gasteiger partial charge < -0.3 is 20.1 Å². The van der Waals surface area contributed by atoms with E-state index in [4.69, 9.17) is 9.47 Å². The molecule has 6 nitrogen and oxygen atoms in total. The Bertz CT molecular complexity index is 756. The smallest absolute Gasteiger partial charge is 0.228 e. The van der Waals surface area contributed by atoms with E-state index >= 15 is 0 Å². The van der Waals surface area contributed by atoms with E-state index in [1.807, 2.05) is 12.1 Å². The number of amides is 2. The van der Waals surface area contributed by atoms with E-state index in [1.165, 1.54) is 6.92 Å². The molecule has 1 aliphatic heterocycles. The van der Waals surface area contributed by atoms with Gasteiger partial charge in [0.1, 0.15) is 13.2 Å². The third-order valence-corrected chi connectivity index (χ3v) is 3.46. The first-order chi connectivity index (χ1) is 11.6. The predicted molar refractivity (Wildman–Crippen MR) is 90.5 cm³/mol. The van der Waals surface area contributed by atoms with E-state index in [-0.39, 0.29) is 18.2 Å². The minimum absolute atomic E-state index is 0.126. The number of carbonyl (C=O) groups excluding carboxylic acids is 2. The molecule has 124 valence electrons. The number of ether oxygens (including phenoxy) is 2. The fourth-order valence-electron chi connectivity index (χ4n) is 2.42. The number of hydrogen-bond acceptors (Lipinski definition) is 4. The molecule has 2 N–H and O–H groups in total. The van der Waals surface area contributed by atoms with Crippen LogP contribution in [0.3, 0.4) is 0 Å². The van der Waals surface area contributed by atoms with Gasteiger partial charge in [0.25, 0.3) is 0 Å². The van der Waals surface area contributed by atoms with Gasteiger partial charge in [-0.15, -0.1) is 0 Å². The minimum Gasteiger partial charge on any atom is -0.486 e. The SMILES string of the molecule is CC(=O)Nc1ccc(CC(=O)Nc2ccc3c(c2)OCCO3)cc1. The standard InChI is InChI=1S/C18H18N2O4/c1-12(21)19-14-4-2-13(3-5-14)10-18(22)20-15-6-7-16-17(11-15)24-9-8-23-16/h2-7,11H,8-10H2,1H3,(H,19,21)(H,20,22). The molecule has 0 saturated carbocycles. The first-order valence-electron chi connectivity index (χ1n) is 7.66. The molecule has 2 amide bonds. The molecule has 2 aromatic carbocycles.